The Morgan fingerprint density at radius 1 is 1.33 bits per heavy atom. The molecule has 5 heteroatoms. The van der Waals surface area contributed by atoms with Crippen molar-refractivity contribution in [3.05, 3.63) is 54.2 Å². The molecule has 4 heterocycles. The van der Waals surface area contributed by atoms with Gasteiger partial charge in [-0.25, -0.2) is 0 Å². The SMILES string of the molecule is CN(Cc1cccnc1)[C@@H]1CN(Cc2ccco2)[C@@H]2CCCO[C@H]12. The van der Waals surface area contributed by atoms with Crippen molar-refractivity contribution in [3.63, 3.8) is 0 Å². The molecule has 2 aliphatic rings. The van der Waals surface area contributed by atoms with Gasteiger partial charge < -0.3 is 9.15 Å². The topological polar surface area (TPSA) is 41.7 Å². The van der Waals surface area contributed by atoms with Crippen molar-refractivity contribution in [1.82, 2.24) is 14.8 Å². The summed E-state index contributed by atoms with van der Waals surface area (Å²) in [5.74, 6) is 1.04. The van der Waals surface area contributed by atoms with E-state index in [0.29, 0.717) is 12.1 Å². The summed E-state index contributed by atoms with van der Waals surface area (Å²) in [5.41, 5.74) is 1.25. The molecule has 0 aliphatic carbocycles. The van der Waals surface area contributed by atoms with Crippen LogP contribution in [0, 0.1) is 0 Å². The normalized spacial score (nSPS) is 27.5. The predicted molar refractivity (Wildman–Crippen MR) is 91.4 cm³/mol. The minimum Gasteiger partial charge on any atom is -0.468 e. The van der Waals surface area contributed by atoms with E-state index in [-0.39, 0.29) is 6.10 Å². The van der Waals surface area contributed by atoms with E-state index < -0.39 is 0 Å². The number of pyridine rings is 1. The zero-order chi connectivity index (χ0) is 16.4. The van der Waals surface area contributed by atoms with Gasteiger partial charge in [0, 0.05) is 38.1 Å². The first kappa shape index (κ1) is 15.8. The minimum atomic E-state index is 0.287. The van der Waals surface area contributed by atoms with Crippen molar-refractivity contribution < 1.29 is 9.15 Å². The van der Waals surface area contributed by atoms with E-state index in [2.05, 4.69) is 34.0 Å². The molecule has 2 saturated heterocycles. The van der Waals surface area contributed by atoms with Crippen molar-refractivity contribution in [1.29, 1.82) is 0 Å². The zero-order valence-corrected chi connectivity index (χ0v) is 14.2. The number of aromatic nitrogens is 1. The van der Waals surface area contributed by atoms with E-state index in [1.54, 1.807) is 6.26 Å². The number of hydrogen-bond acceptors (Lipinski definition) is 5. The highest BCUT2D eigenvalue weighted by atomic mass is 16.5. The molecule has 0 spiro atoms. The number of ether oxygens (including phenoxy) is 1. The van der Waals surface area contributed by atoms with Crippen molar-refractivity contribution in [3.8, 4) is 0 Å². The van der Waals surface area contributed by atoms with Crippen molar-refractivity contribution in [2.45, 2.75) is 44.1 Å². The van der Waals surface area contributed by atoms with Crippen LogP contribution in [0.15, 0.2) is 47.3 Å². The van der Waals surface area contributed by atoms with Crippen molar-refractivity contribution in [2.24, 2.45) is 0 Å². The molecule has 0 unspecified atom stereocenters. The van der Waals surface area contributed by atoms with Gasteiger partial charge >= 0.3 is 0 Å². The molecule has 128 valence electrons. The highest BCUT2D eigenvalue weighted by Gasteiger charge is 2.45. The van der Waals surface area contributed by atoms with Crippen molar-refractivity contribution in [2.75, 3.05) is 20.2 Å². The molecule has 2 fully saturated rings. The molecule has 2 aromatic rings. The summed E-state index contributed by atoms with van der Waals surface area (Å²) in [6.07, 6.45) is 8.18. The summed E-state index contributed by atoms with van der Waals surface area (Å²) in [5, 5.41) is 0. The molecule has 2 aliphatic heterocycles. The summed E-state index contributed by atoms with van der Waals surface area (Å²) < 4.78 is 11.8. The van der Waals surface area contributed by atoms with E-state index in [0.717, 1.165) is 38.4 Å². The lowest BCUT2D eigenvalue weighted by Crippen LogP contribution is -2.46. The quantitative estimate of drug-likeness (QED) is 0.844. The molecule has 4 rings (SSSR count). The third kappa shape index (κ3) is 3.24. The van der Waals surface area contributed by atoms with Crippen LogP contribution in [0.25, 0.3) is 0 Å². The van der Waals surface area contributed by atoms with Gasteiger partial charge in [-0.05, 0) is 43.7 Å². The van der Waals surface area contributed by atoms with E-state index in [9.17, 15) is 0 Å². The average Bonchev–Trinajstić information content (AvgIpc) is 3.25. The van der Waals surface area contributed by atoms with Gasteiger partial charge in [-0.15, -0.1) is 0 Å². The lowest BCUT2D eigenvalue weighted by Gasteiger charge is -2.34. The zero-order valence-electron chi connectivity index (χ0n) is 14.2. The Kier molecular flexibility index (Phi) is 4.65. The van der Waals surface area contributed by atoms with Crippen LogP contribution in [-0.4, -0.2) is 53.2 Å². The van der Waals surface area contributed by atoms with E-state index in [1.807, 2.05) is 24.5 Å². The molecule has 0 radical (unpaired) electrons. The molecule has 5 nitrogen and oxygen atoms in total. The number of hydrogen-bond donors (Lipinski definition) is 0. The van der Waals surface area contributed by atoms with Crippen LogP contribution in [0.1, 0.15) is 24.2 Å². The van der Waals surface area contributed by atoms with Gasteiger partial charge in [0.05, 0.1) is 25.0 Å². The molecular formula is C19H25N3O2. The first-order chi connectivity index (χ1) is 11.8. The Morgan fingerprint density at radius 3 is 3.08 bits per heavy atom. The second-order valence-electron chi connectivity index (χ2n) is 6.90. The Hall–Kier alpha value is -1.69. The third-order valence-electron chi connectivity index (χ3n) is 5.26. The van der Waals surface area contributed by atoms with Gasteiger partial charge in [0.2, 0.25) is 0 Å². The van der Waals surface area contributed by atoms with Gasteiger partial charge in [-0.1, -0.05) is 6.07 Å². The fourth-order valence-corrected chi connectivity index (χ4v) is 4.10. The van der Waals surface area contributed by atoms with Crippen LogP contribution in [0.3, 0.4) is 0 Å². The molecule has 3 atom stereocenters. The Morgan fingerprint density at radius 2 is 2.29 bits per heavy atom. The predicted octanol–water partition coefficient (Wildman–Crippen LogP) is 2.54. The van der Waals surface area contributed by atoms with Crippen LogP contribution in [0.2, 0.25) is 0 Å². The van der Waals surface area contributed by atoms with E-state index >= 15 is 0 Å². The first-order valence-electron chi connectivity index (χ1n) is 8.78. The number of fused-ring (bicyclic) bond motifs is 1. The fourth-order valence-electron chi connectivity index (χ4n) is 4.10. The maximum atomic E-state index is 6.19. The molecule has 0 amide bonds. The minimum absolute atomic E-state index is 0.287. The maximum Gasteiger partial charge on any atom is 0.117 e. The van der Waals surface area contributed by atoms with E-state index in [4.69, 9.17) is 9.15 Å². The third-order valence-corrected chi connectivity index (χ3v) is 5.26. The second-order valence-corrected chi connectivity index (χ2v) is 6.90. The Balaban J connectivity index is 1.48. The second kappa shape index (κ2) is 7.05. The molecule has 0 N–H and O–H groups in total. The average molecular weight is 327 g/mol. The summed E-state index contributed by atoms with van der Waals surface area (Å²) in [4.78, 5) is 9.18. The summed E-state index contributed by atoms with van der Waals surface area (Å²) in [6.45, 7) is 3.67. The first-order valence-corrected chi connectivity index (χ1v) is 8.78. The standard InChI is InChI=1S/C19H25N3O2/c1-21(12-15-5-2-8-20-11-15)18-14-22(13-16-6-3-9-23-16)17-7-4-10-24-19(17)18/h2-3,5-6,8-9,11,17-19H,4,7,10,12-14H2,1H3/t17-,18-,19+/m1/s1. The highest BCUT2D eigenvalue weighted by Crippen LogP contribution is 2.32. The maximum absolute atomic E-state index is 6.19. The molecule has 2 aromatic heterocycles. The van der Waals surface area contributed by atoms with Gasteiger partial charge in [0.1, 0.15) is 5.76 Å². The number of likely N-dealkylation sites (N-methyl/N-ethyl adjacent to an activating group) is 1. The molecule has 0 bridgehead atoms. The lowest BCUT2D eigenvalue weighted by molar-refractivity contribution is -0.0390. The Labute approximate surface area is 143 Å². The summed E-state index contributed by atoms with van der Waals surface area (Å²) in [7, 11) is 2.20. The number of nitrogens with zero attached hydrogens (tertiary/aromatic N) is 3. The fraction of sp³-hybridized carbons (Fsp3) is 0.526. The Bertz CT molecular complexity index is 631. The van der Waals surface area contributed by atoms with Gasteiger partial charge in [-0.2, -0.15) is 0 Å². The number of rotatable bonds is 5. The van der Waals surface area contributed by atoms with Gasteiger partial charge in [-0.3, -0.25) is 14.8 Å². The van der Waals surface area contributed by atoms with Crippen LogP contribution < -0.4 is 0 Å². The van der Waals surface area contributed by atoms with Crippen LogP contribution in [-0.2, 0) is 17.8 Å². The summed E-state index contributed by atoms with van der Waals surface area (Å²) >= 11 is 0. The highest BCUT2D eigenvalue weighted by molar-refractivity contribution is 5.10. The van der Waals surface area contributed by atoms with Crippen LogP contribution >= 0.6 is 0 Å². The van der Waals surface area contributed by atoms with Gasteiger partial charge in [0.25, 0.3) is 0 Å². The van der Waals surface area contributed by atoms with Crippen LogP contribution in [0.4, 0.5) is 0 Å². The molecule has 24 heavy (non-hydrogen) atoms. The molecular weight excluding hydrogens is 302 g/mol. The number of likely N-dealkylation sites (tertiary alicyclic amines) is 1. The molecule has 0 aromatic carbocycles. The smallest absolute Gasteiger partial charge is 0.117 e. The number of furan rings is 1. The van der Waals surface area contributed by atoms with E-state index in [1.165, 1.54) is 12.0 Å². The van der Waals surface area contributed by atoms with Crippen LogP contribution in [0.5, 0.6) is 0 Å². The lowest BCUT2D eigenvalue weighted by atomic mass is 10.00. The van der Waals surface area contributed by atoms with Gasteiger partial charge in [0.15, 0.2) is 0 Å². The van der Waals surface area contributed by atoms with Crippen molar-refractivity contribution >= 4 is 0 Å². The monoisotopic (exact) mass is 327 g/mol. The largest absolute Gasteiger partial charge is 0.468 e. The summed E-state index contributed by atoms with van der Waals surface area (Å²) in [6, 6.07) is 9.06. The molecule has 0 saturated carbocycles.